The smallest absolute Gasteiger partial charge is 0.0474 e. The summed E-state index contributed by atoms with van der Waals surface area (Å²) in [6.45, 7) is 9.73. The third kappa shape index (κ3) is 4.42. The first kappa shape index (κ1) is 17.2. The summed E-state index contributed by atoms with van der Waals surface area (Å²) in [5.74, 6) is 0.253. The van der Waals surface area contributed by atoms with Crippen LogP contribution in [-0.2, 0) is 6.42 Å². The zero-order chi connectivity index (χ0) is 16.1. The van der Waals surface area contributed by atoms with Crippen LogP contribution in [0.15, 0.2) is 30.3 Å². The minimum absolute atomic E-state index is 0.218. The van der Waals surface area contributed by atoms with E-state index >= 15 is 0 Å². The van der Waals surface area contributed by atoms with E-state index in [9.17, 15) is 5.11 Å². The Morgan fingerprint density at radius 1 is 1.18 bits per heavy atom. The lowest BCUT2D eigenvalue weighted by Gasteiger charge is -2.20. The van der Waals surface area contributed by atoms with E-state index in [0.717, 1.165) is 13.0 Å². The molecule has 2 unspecified atom stereocenters. The Bertz CT molecular complexity index is 605. The van der Waals surface area contributed by atoms with Crippen molar-refractivity contribution < 1.29 is 5.11 Å². The first-order chi connectivity index (χ1) is 10.5. The average molecular weight is 317 g/mol. The first-order valence-electron chi connectivity index (χ1n) is 7.97. The maximum atomic E-state index is 9.68. The maximum absolute atomic E-state index is 9.68. The molecule has 1 aromatic carbocycles. The number of aryl methyl sites for hydroxylation is 3. The third-order valence-corrected chi connectivity index (χ3v) is 5.27. The molecule has 2 aromatic rings. The van der Waals surface area contributed by atoms with Crippen LogP contribution in [0, 0.1) is 26.7 Å². The summed E-state index contributed by atoms with van der Waals surface area (Å²) in [7, 11) is 0. The van der Waals surface area contributed by atoms with Gasteiger partial charge in [0.25, 0.3) is 0 Å². The van der Waals surface area contributed by atoms with Crippen LogP contribution >= 0.6 is 11.3 Å². The number of benzene rings is 1. The van der Waals surface area contributed by atoms with Crippen LogP contribution in [0.1, 0.15) is 39.4 Å². The van der Waals surface area contributed by atoms with Crippen LogP contribution in [0.2, 0.25) is 0 Å². The minimum atomic E-state index is 0.218. The molecular weight excluding hydrogens is 290 g/mol. The Balaban J connectivity index is 1.93. The zero-order valence-corrected chi connectivity index (χ0v) is 14.8. The number of rotatable bonds is 7. The van der Waals surface area contributed by atoms with Gasteiger partial charge in [-0.3, -0.25) is 0 Å². The van der Waals surface area contributed by atoms with E-state index in [-0.39, 0.29) is 12.5 Å². The van der Waals surface area contributed by atoms with Gasteiger partial charge in [0, 0.05) is 28.9 Å². The minimum Gasteiger partial charge on any atom is -0.396 e. The molecule has 0 aliphatic rings. The molecule has 0 fully saturated rings. The standard InChI is InChI=1S/C19H27NOS/c1-13-7-5-6-8-18(13)10-17(12-21)11-20-15(3)19-9-14(2)22-16(19)4/h5-9,15,17,20-21H,10-12H2,1-4H3. The quantitative estimate of drug-likeness (QED) is 0.803. The Kier molecular flexibility index (Phi) is 6.18. The van der Waals surface area contributed by atoms with Gasteiger partial charge in [-0.2, -0.15) is 0 Å². The van der Waals surface area contributed by atoms with E-state index in [4.69, 9.17) is 0 Å². The van der Waals surface area contributed by atoms with Crippen molar-refractivity contribution >= 4 is 11.3 Å². The molecule has 2 atom stereocenters. The molecule has 0 spiro atoms. The highest BCUT2D eigenvalue weighted by atomic mass is 32.1. The fraction of sp³-hybridized carbons (Fsp3) is 0.474. The second kappa shape index (κ2) is 7.91. The van der Waals surface area contributed by atoms with Crippen molar-refractivity contribution in [2.24, 2.45) is 5.92 Å². The van der Waals surface area contributed by atoms with E-state index in [0.29, 0.717) is 6.04 Å². The first-order valence-corrected chi connectivity index (χ1v) is 8.78. The topological polar surface area (TPSA) is 32.3 Å². The van der Waals surface area contributed by atoms with Crippen LogP contribution < -0.4 is 5.32 Å². The zero-order valence-electron chi connectivity index (χ0n) is 14.0. The number of aliphatic hydroxyl groups is 1. The van der Waals surface area contributed by atoms with Crippen molar-refractivity contribution in [2.45, 2.75) is 40.2 Å². The molecule has 0 amide bonds. The molecule has 22 heavy (non-hydrogen) atoms. The summed E-state index contributed by atoms with van der Waals surface area (Å²) < 4.78 is 0. The summed E-state index contributed by atoms with van der Waals surface area (Å²) in [6.07, 6.45) is 0.921. The van der Waals surface area contributed by atoms with Gasteiger partial charge in [-0.05, 0) is 62.8 Å². The Morgan fingerprint density at radius 2 is 1.91 bits per heavy atom. The maximum Gasteiger partial charge on any atom is 0.0474 e. The molecule has 2 rings (SSSR count). The number of thiophene rings is 1. The molecule has 1 heterocycles. The fourth-order valence-corrected chi connectivity index (χ4v) is 3.91. The summed E-state index contributed by atoms with van der Waals surface area (Å²) in [4.78, 5) is 2.75. The molecule has 0 aliphatic carbocycles. The lowest BCUT2D eigenvalue weighted by atomic mass is 9.96. The predicted octanol–water partition coefficient (Wildman–Crippen LogP) is 4.18. The van der Waals surface area contributed by atoms with Gasteiger partial charge in [0.05, 0.1) is 0 Å². The van der Waals surface area contributed by atoms with Gasteiger partial charge in [-0.1, -0.05) is 24.3 Å². The Hall–Kier alpha value is -1.16. The molecule has 0 aliphatic heterocycles. The molecule has 0 radical (unpaired) electrons. The summed E-state index contributed by atoms with van der Waals surface area (Å²) in [5, 5.41) is 13.3. The van der Waals surface area contributed by atoms with Crippen LogP contribution in [0.5, 0.6) is 0 Å². The molecular formula is C19H27NOS. The van der Waals surface area contributed by atoms with Crippen molar-refractivity contribution in [3.63, 3.8) is 0 Å². The molecule has 1 aromatic heterocycles. The van der Waals surface area contributed by atoms with Crippen LogP contribution in [0.3, 0.4) is 0 Å². The molecule has 2 N–H and O–H groups in total. The highest BCUT2D eigenvalue weighted by Crippen LogP contribution is 2.26. The van der Waals surface area contributed by atoms with Gasteiger partial charge in [-0.15, -0.1) is 11.3 Å². The largest absolute Gasteiger partial charge is 0.396 e. The average Bonchev–Trinajstić information content (AvgIpc) is 2.83. The number of nitrogens with one attached hydrogen (secondary N) is 1. The number of aliphatic hydroxyl groups excluding tert-OH is 1. The highest BCUT2D eigenvalue weighted by molar-refractivity contribution is 7.12. The van der Waals surface area contributed by atoms with Gasteiger partial charge in [0.1, 0.15) is 0 Å². The SMILES string of the molecule is Cc1cc(C(C)NCC(CO)Cc2ccccc2C)c(C)s1. The molecule has 0 saturated heterocycles. The van der Waals surface area contributed by atoms with Crippen LogP contribution in [-0.4, -0.2) is 18.3 Å². The summed E-state index contributed by atoms with van der Waals surface area (Å²) in [5.41, 5.74) is 4.02. The van der Waals surface area contributed by atoms with Crippen molar-refractivity contribution in [1.29, 1.82) is 0 Å². The van der Waals surface area contributed by atoms with E-state index in [1.165, 1.54) is 26.4 Å². The summed E-state index contributed by atoms with van der Waals surface area (Å²) >= 11 is 1.85. The molecule has 0 bridgehead atoms. The monoisotopic (exact) mass is 317 g/mol. The van der Waals surface area contributed by atoms with Gasteiger partial charge in [0.2, 0.25) is 0 Å². The van der Waals surface area contributed by atoms with Gasteiger partial charge >= 0.3 is 0 Å². The second-order valence-electron chi connectivity index (χ2n) is 6.18. The number of hydrogen-bond donors (Lipinski definition) is 2. The Morgan fingerprint density at radius 3 is 2.50 bits per heavy atom. The normalized spacial score (nSPS) is 14.0. The van der Waals surface area contributed by atoms with Gasteiger partial charge in [-0.25, -0.2) is 0 Å². The molecule has 0 saturated carbocycles. The van der Waals surface area contributed by atoms with E-state index in [2.05, 4.69) is 63.3 Å². The van der Waals surface area contributed by atoms with E-state index in [1.807, 2.05) is 11.3 Å². The van der Waals surface area contributed by atoms with Crippen molar-refractivity contribution in [3.8, 4) is 0 Å². The van der Waals surface area contributed by atoms with Crippen molar-refractivity contribution in [2.75, 3.05) is 13.2 Å². The highest BCUT2D eigenvalue weighted by Gasteiger charge is 2.14. The predicted molar refractivity (Wildman–Crippen MR) is 95.7 cm³/mol. The van der Waals surface area contributed by atoms with Crippen molar-refractivity contribution in [3.05, 3.63) is 56.8 Å². The second-order valence-corrected chi connectivity index (χ2v) is 7.64. The van der Waals surface area contributed by atoms with E-state index < -0.39 is 0 Å². The van der Waals surface area contributed by atoms with Crippen LogP contribution in [0.4, 0.5) is 0 Å². The number of hydrogen-bond acceptors (Lipinski definition) is 3. The van der Waals surface area contributed by atoms with Crippen LogP contribution in [0.25, 0.3) is 0 Å². The van der Waals surface area contributed by atoms with Gasteiger partial charge in [0.15, 0.2) is 0 Å². The molecule has 3 heteroatoms. The lowest BCUT2D eigenvalue weighted by molar-refractivity contribution is 0.218. The molecule has 2 nitrogen and oxygen atoms in total. The van der Waals surface area contributed by atoms with Gasteiger partial charge < -0.3 is 10.4 Å². The summed E-state index contributed by atoms with van der Waals surface area (Å²) in [6, 6.07) is 11.0. The van der Waals surface area contributed by atoms with Crippen molar-refractivity contribution in [1.82, 2.24) is 5.32 Å². The fourth-order valence-electron chi connectivity index (χ4n) is 2.89. The lowest BCUT2D eigenvalue weighted by Crippen LogP contribution is -2.29. The third-order valence-electron chi connectivity index (χ3n) is 4.29. The molecule has 120 valence electrons. The van der Waals surface area contributed by atoms with E-state index in [1.54, 1.807) is 0 Å². The Labute approximate surface area is 138 Å².